The number of methoxy groups -OCH3 is 1. The average molecular weight is 284 g/mol. The molecule has 7 heteroatoms. The molecule has 104 valence electrons. The fourth-order valence-electron chi connectivity index (χ4n) is 2.18. The fraction of sp³-hybridized carbons (Fsp3) is 0.417. The molecule has 1 aromatic rings. The molecule has 1 aliphatic rings. The van der Waals surface area contributed by atoms with Gasteiger partial charge in [0.1, 0.15) is 10.6 Å². The largest absolute Gasteiger partial charge is 0.464 e. The van der Waals surface area contributed by atoms with Crippen molar-refractivity contribution in [3.63, 3.8) is 0 Å². The number of nitrogens with zero attached hydrogens (tertiary/aromatic N) is 1. The Morgan fingerprint density at radius 2 is 2.21 bits per heavy atom. The molecule has 0 spiro atoms. The molecule has 0 amide bonds. The van der Waals surface area contributed by atoms with Crippen LogP contribution in [-0.4, -0.2) is 32.1 Å². The predicted molar refractivity (Wildman–Crippen MR) is 69.4 cm³/mol. The standard InChI is InChI=1S/C12H16N2O4S/c1-8-5-4-6-9-10(19(16,17)13-8)7-14(2)11(9)12(15)18-3/h4-5,7-8,13H,6H2,1-3H3/b5-4-. The van der Waals surface area contributed by atoms with Gasteiger partial charge in [0.2, 0.25) is 10.0 Å². The highest BCUT2D eigenvalue weighted by Gasteiger charge is 2.29. The number of hydrogen-bond acceptors (Lipinski definition) is 4. The number of fused-ring (bicyclic) bond motifs is 1. The summed E-state index contributed by atoms with van der Waals surface area (Å²) in [6, 6.07) is -0.278. The van der Waals surface area contributed by atoms with Crippen LogP contribution in [0.1, 0.15) is 23.0 Å². The first-order valence-electron chi connectivity index (χ1n) is 5.82. The number of allylic oxidation sites excluding steroid dienone is 1. The van der Waals surface area contributed by atoms with Gasteiger partial charge in [0.15, 0.2) is 0 Å². The van der Waals surface area contributed by atoms with Gasteiger partial charge in [-0.3, -0.25) is 0 Å². The van der Waals surface area contributed by atoms with Crippen LogP contribution in [0.4, 0.5) is 0 Å². The van der Waals surface area contributed by atoms with E-state index in [1.165, 1.54) is 17.9 Å². The number of rotatable bonds is 1. The van der Waals surface area contributed by atoms with Gasteiger partial charge in [-0.15, -0.1) is 0 Å². The lowest BCUT2D eigenvalue weighted by Crippen LogP contribution is -2.32. The van der Waals surface area contributed by atoms with Gasteiger partial charge in [0, 0.05) is 24.8 Å². The Kier molecular flexibility index (Phi) is 3.51. The zero-order valence-corrected chi connectivity index (χ0v) is 11.8. The molecule has 1 unspecified atom stereocenters. The summed E-state index contributed by atoms with van der Waals surface area (Å²) in [4.78, 5) is 11.9. The van der Waals surface area contributed by atoms with E-state index in [0.29, 0.717) is 12.0 Å². The smallest absolute Gasteiger partial charge is 0.355 e. The zero-order chi connectivity index (χ0) is 14.2. The van der Waals surface area contributed by atoms with E-state index in [0.717, 1.165) is 0 Å². The minimum atomic E-state index is -3.62. The lowest BCUT2D eigenvalue weighted by atomic mass is 10.1. The molecule has 0 aromatic carbocycles. The van der Waals surface area contributed by atoms with E-state index in [4.69, 9.17) is 4.74 Å². The monoisotopic (exact) mass is 284 g/mol. The minimum Gasteiger partial charge on any atom is -0.464 e. The molecular formula is C12H16N2O4S. The third-order valence-corrected chi connectivity index (χ3v) is 4.62. The molecule has 0 aliphatic carbocycles. The highest BCUT2D eigenvalue weighted by atomic mass is 32.2. The molecular weight excluding hydrogens is 268 g/mol. The number of esters is 1. The van der Waals surface area contributed by atoms with Gasteiger partial charge >= 0.3 is 5.97 Å². The SMILES string of the molecule is COC(=O)c1c2c(cn1C)S(=O)(=O)NC(C)/C=C\C2. The normalized spacial score (nSPS) is 23.0. The first-order valence-corrected chi connectivity index (χ1v) is 7.30. The summed E-state index contributed by atoms with van der Waals surface area (Å²) in [6.45, 7) is 1.75. The van der Waals surface area contributed by atoms with Crippen molar-refractivity contribution < 1.29 is 17.9 Å². The Bertz CT molecular complexity index is 643. The molecule has 0 bridgehead atoms. The van der Waals surface area contributed by atoms with Crippen molar-refractivity contribution in [1.29, 1.82) is 0 Å². The molecule has 19 heavy (non-hydrogen) atoms. The number of hydrogen-bond donors (Lipinski definition) is 1. The Morgan fingerprint density at radius 3 is 2.84 bits per heavy atom. The Morgan fingerprint density at radius 1 is 1.53 bits per heavy atom. The Hall–Kier alpha value is -1.60. The van der Waals surface area contributed by atoms with Gasteiger partial charge in [-0.2, -0.15) is 0 Å². The molecule has 6 nitrogen and oxygen atoms in total. The quantitative estimate of drug-likeness (QED) is 0.605. The summed E-state index contributed by atoms with van der Waals surface area (Å²) >= 11 is 0. The van der Waals surface area contributed by atoms with Crippen molar-refractivity contribution in [2.75, 3.05) is 7.11 Å². The Labute approximate surface area is 112 Å². The van der Waals surface area contributed by atoms with Crippen LogP contribution in [0.15, 0.2) is 23.2 Å². The molecule has 0 fully saturated rings. The maximum Gasteiger partial charge on any atom is 0.355 e. The summed E-state index contributed by atoms with van der Waals surface area (Å²) in [6.07, 6.45) is 5.42. The molecule has 0 saturated heterocycles. The van der Waals surface area contributed by atoms with Crippen LogP contribution < -0.4 is 4.72 Å². The molecule has 1 aliphatic heterocycles. The molecule has 1 N–H and O–H groups in total. The van der Waals surface area contributed by atoms with Crippen LogP contribution >= 0.6 is 0 Å². The van der Waals surface area contributed by atoms with Crippen molar-refractivity contribution in [3.05, 3.63) is 29.6 Å². The maximum atomic E-state index is 12.2. The van der Waals surface area contributed by atoms with Crippen LogP contribution in [-0.2, 0) is 28.2 Å². The van der Waals surface area contributed by atoms with E-state index >= 15 is 0 Å². The van der Waals surface area contributed by atoms with Crippen molar-refractivity contribution in [2.45, 2.75) is 24.3 Å². The van der Waals surface area contributed by atoms with Gasteiger partial charge in [-0.25, -0.2) is 17.9 Å². The summed E-state index contributed by atoms with van der Waals surface area (Å²) < 4.78 is 33.2. The summed E-state index contributed by atoms with van der Waals surface area (Å²) in [5, 5.41) is 0. The number of aromatic nitrogens is 1. The molecule has 1 atom stereocenters. The van der Waals surface area contributed by atoms with E-state index in [1.54, 1.807) is 20.0 Å². The molecule has 2 rings (SSSR count). The van der Waals surface area contributed by atoms with Crippen molar-refractivity contribution in [2.24, 2.45) is 7.05 Å². The van der Waals surface area contributed by atoms with Gasteiger partial charge < -0.3 is 9.30 Å². The lowest BCUT2D eigenvalue weighted by Gasteiger charge is -2.14. The maximum absolute atomic E-state index is 12.2. The summed E-state index contributed by atoms with van der Waals surface area (Å²) in [5.41, 5.74) is 0.729. The molecule has 0 saturated carbocycles. The van der Waals surface area contributed by atoms with E-state index < -0.39 is 16.0 Å². The molecule has 2 heterocycles. The molecule has 0 radical (unpaired) electrons. The van der Waals surface area contributed by atoms with E-state index in [1.807, 2.05) is 6.08 Å². The van der Waals surface area contributed by atoms with Crippen molar-refractivity contribution >= 4 is 16.0 Å². The number of sulfonamides is 1. The second kappa shape index (κ2) is 4.82. The predicted octanol–water partition coefficient (Wildman–Crippen LogP) is 0.591. The van der Waals surface area contributed by atoms with Crippen molar-refractivity contribution in [3.8, 4) is 0 Å². The van der Waals surface area contributed by atoms with Crippen LogP contribution in [0.3, 0.4) is 0 Å². The lowest BCUT2D eigenvalue weighted by molar-refractivity contribution is 0.0588. The first kappa shape index (κ1) is 13.8. The van der Waals surface area contributed by atoms with E-state index in [9.17, 15) is 13.2 Å². The number of aryl methyl sites for hydroxylation is 1. The van der Waals surface area contributed by atoms with Gasteiger partial charge in [-0.1, -0.05) is 12.2 Å². The number of carbonyl (C=O) groups is 1. The van der Waals surface area contributed by atoms with Crippen LogP contribution in [0, 0.1) is 0 Å². The van der Waals surface area contributed by atoms with Crippen LogP contribution in [0.5, 0.6) is 0 Å². The van der Waals surface area contributed by atoms with Crippen LogP contribution in [0.2, 0.25) is 0 Å². The average Bonchev–Trinajstić information content (AvgIpc) is 2.64. The van der Waals surface area contributed by atoms with Gasteiger partial charge in [0.05, 0.1) is 7.11 Å². The summed E-state index contributed by atoms with van der Waals surface area (Å²) in [7, 11) is -0.726. The second-order valence-electron chi connectivity index (χ2n) is 4.47. The third-order valence-electron chi connectivity index (χ3n) is 3.00. The van der Waals surface area contributed by atoms with Crippen molar-refractivity contribution in [1.82, 2.24) is 9.29 Å². The van der Waals surface area contributed by atoms with E-state index in [-0.39, 0.29) is 16.6 Å². The third kappa shape index (κ3) is 2.43. The highest BCUT2D eigenvalue weighted by molar-refractivity contribution is 7.89. The fourth-order valence-corrected chi connectivity index (χ4v) is 3.67. The number of nitrogens with one attached hydrogen (secondary N) is 1. The molecule has 1 aromatic heterocycles. The number of ether oxygens (including phenoxy) is 1. The summed E-state index contributed by atoms with van der Waals surface area (Å²) in [5.74, 6) is -0.541. The number of carbonyl (C=O) groups excluding carboxylic acids is 1. The topological polar surface area (TPSA) is 77.4 Å². The first-order chi connectivity index (χ1) is 8.86. The van der Waals surface area contributed by atoms with Gasteiger partial charge in [-0.05, 0) is 13.3 Å². The van der Waals surface area contributed by atoms with E-state index in [2.05, 4.69) is 4.72 Å². The Balaban J connectivity index is 2.67. The zero-order valence-electron chi connectivity index (χ0n) is 11.0. The second-order valence-corrected chi connectivity index (χ2v) is 6.15. The highest BCUT2D eigenvalue weighted by Crippen LogP contribution is 2.25. The van der Waals surface area contributed by atoms with Gasteiger partial charge in [0.25, 0.3) is 0 Å². The van der Waals surface area contributed by atoms with Crippen LogP contribution in [0.25, 0.3) is 0 Å². The minimum absolute atomic E-state index is 0.131.